The molecular weight excluding hydrogens is 817 g/mol. The van der Waals surface area contributed by atoms with Crippen molar-refractivity contribution in [3.63, 3.8) is 0 Å². The Kier molecular flexibility index (Phi) is 12.0. The van der Waals surface area contributed by atoms with Crippen LogP contribution in [0.25, 0.3) is 44.2 Å². The Hall–Kier alpha value is -6.16. The number of hydrogen-bond donors (Lipinski definition) is 4. The van der Waals surface area contributed by atoms with Crippen LogP contribution in [0.3, 0.4) is 0 Å². The zero-order valence-corrected chi connectivity index (χ0v) is 37.4. The smallest absolute Gasteiger partial charge is 0.407 e. The molecule has 4 aliphatic rings. The van der Waals surface area contributed by atoms with Crippen LogP contribution in [0.1, 0.15) is 95.5 Å². The van der Waals surface area contributed by atoms with E-state index in [9.17, 15) is 19.2 Å². The average molecular weight is 875 g/mol. The number of imidazole rings is 2. The number of amides is 4. The first-order chi connectivity index (χ1) is 31.0. The number of rotatable bonds is 10. The van der Waals surface area contributed by atoms with Crippen molar-refractivity contribution in [2.24, 2.45) is 17.8 Å². The Morgan fingerprint density at radius 3 is 2.42 bits per heavy atom. The van der Waals surface area contributed by atoms with Crippen molar-refractivity contribution in [1.29, 1.82) is 0 Å². The van der Waals surface area contributed by atoms with Crippen LogP contribution in [0.2, 0.25) is 0 Å². The summed E-state index contributed by atoms with van der Waals surface area (Å²) in [7, 11) is 2.61. The summed E-state index contributed by atoms with van der Waals surface area (Å²) < 4.78 is 21.8. The topological polar surface area (TPSA) is 193 Å². The van der Waals surface area contributed by atoms with Crippen molar-refractivity contribution >= 4 is 45.8 Å². The van der Waals surface area contributed by atoms with Crippen LogP contribution in [0.15, 0.2) is 48.7 Å². The minimum absolute atomic E-state index is 0.0225. The SMILES string of the molecule is CC[C@H]1CC[C@@H](c2ncc(-c3ccc4c(c3)COc3cc5c(ccc6nc([C@@H]7C[C@H](C)CN7C(=O)[C@@H](NC(=O)OC)C(C)C)[nH]c65)cc3-4)[nH]2)N1C(=O)C(NC(=O)OC)C1CCOCC1. The number of carbonyl (C=O) groups is 4. The Labute approximate surface area is 372 Å². The molecule has 9 rings (SSSR count). The molecule has 4 N–H and O–H groups in total. The molecule has 4 amide bonds. The highest BCUT2D eigenvalue weighted by Crippen LogP contribution is 2.44. The summed E-state index contributed by atoms with van der Waals surface area (Å²) in [5, 5.41) is 7.60. The number of benzene rings is 3. The lowest BCUT2D eigenvalue weighted by Gasteiger charge is -2.36. The number of ether oxygens (including phenoxy) is 4. The van der Waals surface area contributed by atoms with Crippen LogP contribution >= 0.6 is 0 Å². The quantitative estimate of drug-likeness (QED) is 0.109. The summed E-state index contributed by atoms with van der Waals surface area (Å²) in [5.74, 6) is 2.02. The van der Waals surface area contributed by atoms with Crippen LogP contribution in [0, 0.1) is 17.8 Å². The van der Waals surface area contributed by atoms with E-state index >= 15 is 0 Å². The third kappa shape index (κ3) is 8.01. The molecule has 0 spiro atoms. The lowest BCUT2D eigenvalue weighted by molar-refractivity contribution is -0.139. The molecule has 0 aliphatic carbocycles. The molecule has 3 saturated heterocycles. The van der Waals surface area contributed by atoms with Gasteiger partial charge in [-0.25, -0.2) is 19.6 Å². The van der Waals surface area contributed by atoms with E-state index in [1.54, 1.807) is 0 Å². The molecule has 16 heteroatoms. The van der Waals surface area contributed by atoms with E-state index in [-0.39, 0.29) is 47.7 Å². The predicted molar refractivity (Wildman–Crippen MR) is 239 cm³/mol. The number of aromatic amines is 2. The van der Waals surface area contributed by atoms with Crippen molar-refractivity contribution < 1.29 is 38.1 Å². The summed E-state index contributed by atoms with van der Waals surface area (Å²) >= 11 is 0. The maximum Gasteiger partial charge on any atom is 0.407 e. The van der Waals surface area contributed by atoms with Gasteiger partial charge in [-0.2, -0.15) is 0 Å². The van der Waals surface area contributed by atoms with Crippen molar-refractivity contribution in [3.05, 3.63) is 65.9 Å². The number of nitrogens with one attached hydrogen (secondary N) is 4. The first-order valence-electron chi connectivity index (χ1n) is 22.6. The molecule has 0 radical (unpaired) electrons. The van der Waals surface area contributed by atoms with Crippen molar-refractivity contribution in [3.8, 4) is 28.1 Å². The molecule has 1 unspecified atom stereocenters. The highest BCUT2D eigenvalue weighted by atomic mass is 16.5. The van der Waals surface area contributed by atoms with Gasteiger partial charge >= 0.3 is 12.2 Å². The molecule has 6 heterocycles. The molecule has 0 bridgehead atoms. The van der Waals surface area contributed by atoms with Crippen molar-refractivity contribution in [2.45, 2.75) is 103 Å². The first-order valence-corrected chi connectivity index (χ1v) is 22.6. The van der Waals surface area contributed by atoms with Crippen LogP contribution in [-0.4, -0.2) is 106 Å². The summed E-state index contributed by atoms with van der Waals surface area (Å²) in [6.45, 7) is 10.1. The van der Waals surface area contributed by atoms with Gasteiger partial charge in [-0.3, -0.25) is 9.59 Å². The van der Waals surface area contributed by atoms with E-state index in [1.807, 2.05) is 35.9 Å². The summed E-state index contributed by atoms with van der Waals surface area (Å²) in [6, 6.07) is 12.7. The maximum absolute atomic E-state index is 14.4. The molecule has 338 valence electrons. The number of likely N-dealkylation sites (tertiary alicyclic amines) is 2. The third-order valence-electron chi connectivity index (χ3n) is 13.8. The van der Waals surface area contributed by atoms with Crippen LogP contribution in [0.4, 0.5) is 9.59 Å². The number of nitrogens with zero attached hydrogens (tertiary/aromatic N) is 4. The highest BCUT2D eigenvalue weighted by Gasteiger charge is 2.44. The molecule has 4 aliphatic heterocycles. The van der Waals surface area contributed by atoms with Gasteiger partial charge in [-0.05, 0) is 103 Å². The van der Waals surface area contributed by atoms with E-state index in [0.29, 0.717) is 45.0 Å². The van der Waals surface area contributed by atoms with Gasteiger partial charge in [0.2, 0.25) is 11.8 Å². The molecular formula is C48H58N8O8. The van der Waals surface area contributed by atoms with Gasteiger partial charge in [0.1, 0.15) is 36.1 Å². The third-order valence-corrected chi connectivity index (χ3v) is 13.8. The van der Waals surface area contributed by atoms with Crippen LogP contribution in [-0.2, 0) is 30.4 Å². The predicted octanol–water partition coefficient (Wildman–Crippen LogP) is 7.55. The molecule has 6 atom stereocenters. The summed E-state index contributed by atoms with van der Waals surface area (Å²) in [5.41, 5.74) is 6.61. The minimum atomic E-state index is -0.724. The zero-order valence-electron chi connectivity index (χ0n) is 37.4. The zero-order chi connectivity index (χ0) is 44.8. The molecule has 5 aromatic rings. The fourth-order valence-corrected chi connectivity index (χ4v) is 10.4. The highest BCUT2D eigenvalue weighted by molar-refractivity contribution is 6.07. The van der Waals surface area contributed by atoms with Gasteiger partial charge in [-0.1, -0.05) is 45.9 Å². The van der Waals surface area contributed by atoms with E-state index in [1.165, 1.54) is 14.2 Å². The Morgan fingerprint density at radius 1 is 0.891 bits per heavy atom. The van der Waals surface area contributed by atoms with Crippen LogP contribution < -0.4 is 15.4 Å². The molecule has 0 saturated carbocycles. The van der Waals surface area contributed by atoms with Crippen molar-refractivity contribution in [1.82, 2.24) is 40.4 Å². The second kappa shape index (κ2) is 17.8. The van der Waals surface area contributed by atoms with Gasteiger partial charge in [0.15, 0.2) is 0 Å². The number of aromatic nitrogens is 4. The number of carbonyl (C=O) groups excluding carboxylic acids is 4. The van der Waals surface area contributed by atoms with Gasteiger partial charge in [0.05, 0.1) is 49.2 Å². The molecule has 2 aromatic heterocycles. The maximum atomic E-state index is 14.4. The van der Waals surface area contributed by atoms with Gasteiger partial charge in [0.25, 0.3) is 0 Å². The summed E-state index contributed by atoms with van der Waals surface area (Å²) in [6.07, 6.45) is 5.09. The van der Waals surface area contributed by atoms with E-state index < -0.39 is 24.3 Å². The van der Waals surface area contributed by atoms with E-state index in [0.717, 1.165) is 87.0 Å². The number of alkyl carbamates (subject to hydrolysis) is 2. The molecule has 3 aromatic carbocycles. The normalized spacial score (nSPS) is 21.9. The lowest BCUT2D eigenvalue weighted by atomic mass is 9.90. The minimum Gasteiger partial charge on any atom is -0.488 e. The number of hydrogen-bond acceptors (Lipinski definition) is 10. The first kappa shape index (κ1) is 43.1. The Morgan fingerprint density at radius 2 is 1.67 bits per heavy atom. The van der Waals surface area contributed by atoms with Gasteiger partial charge in [-0.15, -0.1) is 0 Å². The largest absolute Gasteiger partial charge is 0.488 e. The van der Waals surface area contributed by atoms with E-state index in [4.69, 9.17) is 28.9 Å². The van der Waals surface area contributed by atoms with Gasteiger partial charge in [0, 0.05) is 36.8 Å². The number of H-pyrrole nitrogens is 2. The number of fused-ring (bicyclic) bond motifs is 6. The average Bonchev–Trinajstić information content (AvgIpc) is 4.14. The fraction of sp³-hybridized carbons (Fsp3) is 0.500. The van der Waals surface area contributed by atoms with E-state index in [2.05, 4.69) is 70.8 Å². The van der Waals surface area contributed by atoms with Gasteiger partial charge < -0.3 is 49.3 Å². The Bertz CT molecular complexity index is 2580. The summed E-state index contributed by atoms with van der Waals surface area (Å²) in [4.78, 5) is 73.8. The molecule has 3 fully saturated rings. The fourth-order valence-electron chi connectivity index (χ4n) is 10.4. The Balaban J connectivity index is 0.965. The molecule has 64 heavy (non-hydrogen) atoms. The lowest BCUT2D eigenvalue weighted by Crippen LogP contribution is -2.54. The molecule has 16 nitrogen and oxygen atoms in total. The number of methoxy groups -OCH3 is 2. The monoisotopic (exact) mass is 874 g/mol. The van der Waals surface area contributed by atoms with Crippen molar-refractivity contribution in [2.75, 3.05) is 34.0 Å². The second-order valence-corrected chi connectivity index (χ2v) is 18.2. The standard InChI is InChI=1S/C48H58N8O8/c1-7-31-10-13-37(56(31)46(58)41(54-48(60)62-6)27-14-16-63-17-15-27)43-49-22-36(51-43)29-8-11-32-30(19-29)24-64-39-21-33-28(20-34(32)39)9-12-35-42(33)52-44(50-35)38-18-26(4)23-55(38)45(57)40(25(2)3)53-47(59)61-5/h8-9,11-12,19-22,25-27,31,37-38,40-41H,7,10,13-18,23-24H2,1-6H3,(H,49,51)(H,50,52)(H,53,59)(H,54,60)/t26-,31-,37-,38-,40-,41?/m0/s1. The van der Waals surface area contributed by atoms with Crippen LogP contribution in [0.5, 0.6) is 5.75 Å². The second-order valence-electron chi connectivity index (χ2n) is 18.2.